The van der Waals surface area contributed by atoms with E-state index in [1.165, 1.54) is 12.3 Å². The zero-order valence-corrected chi connectivity index (χ0v) is 12.9. The second kappa shape index (κ2) is 5.87. The van der Waals surface area contributed by atoms with E-state index in [2.05, 4.69) is 20.1 Å². The Morgan fingerprint density at radius 1 is 0.923 bits per heavy atom. The molecule has 0 fully saturated rings. The summed E-state index contributed by atoms with van der Waals surface area (Å²) >= 11 is 0. The van der Waals surface area contributed by atoms with Crippen LogP contribution in [0.5, 0.6) is 0 Å². The van der Waals surface area contributed by atoms with E-state index in [-0.39, 0.29) is 17.0 Å². The van der Waals surface area contributed by atoms with Gasteiger partial charge < -0.3 is 0 Å². The first-order valence-electron chi connectivity index (χ1n) is 7.42. The zero-order valence-electron chi connectivity index (χ0n) is 12.9. The topological polar surface area (TPSA) is 56.0 Å². The summed E-state index contributed by atoms with van der Waals surface area (Å²) in [5.41, 5.74) is 0.155. The summed E-state index contributed by atoms with van der Waals surface area (Å²) < 4.78 is 54.3. The predicted octanol–water partition coefficient (Wildman–Crippen LogP) is 4.01. The summed E-state index contributed by atoms with van der Waals surface area (Å²) in [6.07, 6.45) is 0.278. The number of fused-ring (bicyclic) bond motifs is 1. The van der Waals surface area contributed by atoms with Crippen LogP contribution in [0.15, 0.2) is 55.1 Å². The maximum absolute atomic E-state index is 15.0. The molecule has 0 radical (unpaired) electrons. The molecule has 0 saturated heterocycles. The molecule has 0 amide bonds. The quantitative estimate of drug-likeness (QED) is 0.508. The summed E-state index contributed by atoms with van der Waals surface area (Å²) in [7, 11) is 0. The minimum Gasteiger partial charge on any atom is -0.265 e. The minimum absolute atomic E-state index is 0.154. The van der Waals surface area contributed by atoms with Crippen LogP contribution in [0.4, 0.5) is 17.6 Å². The van der Waals surface area contributed by atoms with E-state index in [0.29, 0.717) is 17.3 Å². The normalized spacial score (nSPS) is 11.8. The third-order valence-corrected chi connectivity index (χ3v) is 3.79. The van der Waals surface area contributed by atoms with Crippen molar-refractivity contribution >= 4 is 5.78 Å². The average molecular weight is 359 g/mol. The predicted molar refractivity (Wildman–Crippen MR) is 84.4 cm³/mol. The number of imidazole rings is 1. The van der Waals surface area contributed by atoms with Crippen LogP contribution in [-0.2, 0) is 6.18 Å². The van der Waals surface area contributed by atoms with Gasteiger partial charge in [-0.05, 0) is 23.8 Å². The van der Waals surface area contributed by atoms with Gasteiger partial charge in [-0.3, -0.25) is 4.98 Å². The molecule has 0 aliphatic heterocycles. The highest BCUT2D eigenvalue weighted by Crippen LogP contribution is 2.31. The van der Waals surface area contributed by atoms with Gasteiger partial charge >= 0.3 is 6.18 Å². The fourth-order valence-electron chi connectivity index (χ4n) is 2.58. The van der Waals surface area contributed by atoms with E-state index in [9.17, 15) is 13.2 Å². The lowest BCUT2D eigenvalue weighted by atomic mass is 10.0. The molecule has 5 nitrogen and oxygen atoms in total. The van der Waals surface area contributed by atoms with Gasteiger partial charge in [-0.1, -0.05) is 12.1 Å². The Hall–Kier alpha value is -3.36. The Bertz CT molecular complexity index is 1090. The van der Waals surface area contributed by atoms with Crippen molar-refractivity contribution in [1.82, 2.24) is 24.6 Å². The molecule has 3 heterocycles. The first kappa shape index (κ1) is 16.1. The monoisotopic (exact) mass is 359 g/mol. The molecule has 4 aromatic rings. The lowest BCUT2D eigenvalue weighted by Crippen LogP contribution is -2.11. The number of nitrogens with zero attached hydrogens (tertiary/aromatic N) is 5. The molecule has 4 rings (SSSR count). The molecule has 0 spiro atoms. The summed E-state index contributed by atoms with van der Waals surface area (Å²) in [5, 5.41) is 3.72. The van der Waals surface area contributed by atoms with E-state index in [1.807, 2.05) is 0 Å². The third-order valence-electron chi connectivity index (χ3n) is 3.79. The van der Waals surface area contributed by atoms with E-state index < -0.39 is 17.7 Å². The number of aromatic nitrogens is 5. The van der Waals surface area contributed by atoms with Crippen LogP contribution in [0.3, 0.4) is 0 Å². The van der Waals surface area contributed by atoms with Crippen LogP contribution in [0.1, 0.15) is 5.69 Å². The van der Waals surface area contributed by atoms with E-state index >= 15 is 4.39 Å². The summed E-state index contributed by atoms with van der Waals surface area (Å²) in [5.74, 6) is -0.800. The Morgan fingerprint density at radius 2 is 1.65 bits per heavy atom. The van der Waals surface area contributed by atoms with Crippen molar-refractivity contribution < 1.29 is 17.6 Å². The first-order valence-corrected chi connectivity index (χ1v) is 7.42. The maximum Gasteiger partial charge on any atom is 0.435 e. The maximum atomic E-state index is 15.0. The highest BCUT2D eigenvalue weighted by Gasteiger charge is 2.33. The van der Waals surface area contributed by atoms with Crippen molar-refractivity contribution in [1.29, 1.82) is 0 Å². The Balaban J connectivity index is 1.86. The van der Waals surface area contributed by atoms with Gasteiger partial charge in [0.15, 0.2) is 5.69 Å². The van der Waals surface area contributed by atoms with Gasteiger partial charge in [0.05, 0.1) is 18.1 Å². The number of alkyl halides is 3. The smallest absolute Gasteiger partial charge is 0.265 e. The summed E-state index contributed by atoms with van der Waals surface area (Å²) in [6, 6.07) is 8.07. The van der Waals surface area contributed by atoms with Gasteiger partial charge in [0.2, 0.25) is 0 Å². The second-order valence-electron chi connectivity index (χ2n) is 5.40. The van der Waals surface area contributed by atoms with E-state index in [0.717, 1.165) is 4.52 Å². The molecule has 0 atom stereocenters. The van der Waals surface area contributed by atoms with Crippen LogP contribution < -0.4 is 0 Å². The van der Waals surface area contributed by atoms with Gasteiger partial charge in [0.1, 0.15) is 5.82 Å². The fourth-order valence-corrected chi connectivity index (χ4v) is 2.58. The van der Waals surface area contributed by atoms with E-state index in [1.54, 1.807) is 36.7 Å². The van der Waals surface area contributed by atoms with Crippen LogP contribution in [0, 0.1) is 5.82 Å². The molecular formula is C17H9F4N5. The molecule has 0 N–H and O–H groups in total. The molecule has 0 aliphatic carbocycles. The van der Waals surface area contributed by atoms with Crippen LogP contribution in [0.2, 0.25) is 0 Å². The largest absolute Gasteiger partial charge is 0.435 e. The van der Waals surface area contributed by atoms with Gasteiger partial charge in [-0.15, -0.1) is 0 Å². The van der Waals surface area contributed by atoms with Crippen molar-refractivity contribution in [3.8, 4) is 22.4 Å². The zero-order chi connectivity index (χ0) is 18.3. The molecule has 0 saturated carbocycles. The SMILES string of the molecule is Fc1c(-c2ccncc2)cccc1-c1cnc2nc(C(F)(F)F)cnn12. The number of benzene rings is 1. The van der Waals surface area contributed by atoms with Crippen molar-refractivity contribution in [3.63, 3.8) is 0 Å². The van der Waals surface area contributed by atoms with Gasteiger partial charge in [-0.25, -0.2) is 14.4 Å². The Labute approximate surface area is 144 Å². The average Bonchev–Trinajstić information content (AvgIpc) is 3.05. The van der Waals surface area contributed by atoms with Crippen molar-refractivity contribution in [2.45, 2.75) is 6.18 Å². The molecule has 26 heavy (non-hydrogen) atoms. The van der Waals surface area contributed by atoms with E-state index in [4.69, 9.17) is 0 Å². The highest BCUT2D eigenvalue weighted by atomic mass is 19.4. The van der Waals surface area contributed by atoms with Crippen molar-refractivity contribution in [2.24, 2.45) is 0 Å². The third kappa shape index (κ3) is 2.67. The highest BCUT2D eigenvalue weighted by molar-refractivity contribution is 5.73. The summed E-state index contributed by atoms with van der Waals surface area (Å²) in [6.45, 7) is 0. The standard InChI is InChI=1S/C17H9F4N5/c18-15-11(10-4-6-22-7-5-10)2-1-3-12(15)13-8-23-16-25-14(17(19,20)21)9-24-26(13)16/h1-9H. The minimum atomic E-state index is -4.63. The van der Waals surface area contributed by atoms with Gasteiger partial charge in [0.25, 0.3) is 5.78 Å². The number of hydrogen-bond donors (Lipinski definition) is 0. The van der Waals surface area contributed by atoms with Crippen LogP contribution >= 0.6 is 0 Å². The lowest BCUT2D eigenvalue weighted by molar-refractivity contribution is -0.141. The number of rotatable bonds is 2. The molecule has 0 unspecified atom stereocenters. The fraction of sp³-hybridized carbons (Fsp3) is 0.0588. The van der Waals surface area contributed by atoms with Gasteiger partial charge in [-0.2, -0.15) is 22.8 Å². The second-order valence-corrected chi connectivity index (χ2v) is 5.40. The molecule has 9 heteroatoms. The number of halogens is 4. The lowest BCUT2D eigenvalue weighted by Gasteiger charge is -2.09. The molecule has 3 aromatic heterocycles. The Morgan fingerprint density at radius 3 is 2.38 bits per heavy atom. The van der Waals surface area contributed by atoms with Crippen LogP contribution in [0.25, 0.3) is 28.2 Å². The first-order chi connectivity index (χ1) is 12.4. The molecular weight excluding hydrogens is 350 g/mol. The van der Waals surface area contributed by atoms with Crippen LogP contribution in [-0.4, -0.2) is 24.6 Å². The molecule has 130 valence electrons. The van der Waals surface area contributed by atoms with Crippen molar-refractivity contribution in [2.75, 3.05) is 0 Å². The molecule has 0 bridgehead atoms. The number of pyridine rings is 1. The number of hydrogen-bond acceptors (Lipinski definition) is 4. The Kier molecular flexibility index (Phi) is 3.64. The van der Waals surface area contributed by atoms with Gasteiger partial charge in [0, 0.05) is 23.5 Å². The molecule has 1 aromatic carbocycles. The molecule has 0 aliphatic rings. The summed E-state index contributed by atoms with van der Waals surface area (Å²) in [4.78, 5) is 11.2. The van der Waals surface area contributed by atoms with Crippen molar-refractivity contribution in [3.05, 3.63) is 66.6 Å².